The molecule has 0 aliphatic carbocycles. The molecule has 1 aromatic carbocycles. The first kappa shape index (κ1) is 15.8. The molecule has 0 aliphatic rings. The van der Waals surface area contributed by atoms with Gasteiger partial charge in [-0.15, -0.1) is 0 Å². The molecule has 0 N–H and O–H groups in total. The monoisotopic (exact) mass is 340 g/mol. The maximum absolute atomic E-state index is 9.75. The maximum Gasteiger partial charge on any atom is 0.673 e. The van der Waals surface area contributed by atoms with E-state index < -0.39 is 7.25 Å². The summed E-state index contributed by atoms with van der Waals surface area (Å²) in [4.78, 5) is 0. The largest absolute Gasteiger partial charge is 0.673 e. The zero-order valence-corrected chi connectivity index (χ0v) is 11.9. The van der Waals surface area contributed by atoms with Crippen molar-refractivity contribution in [2.24, 2.45) is 7.05 Å². The van der Waals surface area contributed by atoms with E-state index in [1.807, 2.05) is 7.05 Å². The number of aryl methyl sites for hydroxylation is 1. The van der Waals surface area contributed by atoms with E-state index in [9.17, 15) is 17.3 Å². The van der Waals surface area contributed by atoms with Crippen LogP contribution in [0.15, 0.2) is 49.1 Å². The molecule has 2 nitrogen and oxygen atoms in total. The van der Waals surface area contributed by atoms with Crippen LogP contribution in [0.3, 0.4) is 0 Å². The molecule has 0 unspecified atom stereocenters. The number of hydrogen-bond acceptors (Lipinski definition) is 0. The second-order valence-corrected chi connectivity index (χ2v) is 5.81. The van der Waals surface area contributed by atoms with Crippen LogP contribution in [-0.2, 0) is 12.5 Å². The third kappa shape index (κ3) is 8.45. The van der Waals surface area contributed by atoms with Crippen molar-refractivity contribution >= 4 is 26.7 Å². The summed E-state index contributed by atoms with van der Waals surface area (Å²) >= 11 is 0.535. The fourth-order valence-corrected chi connectivity index (χ4v) is 2.92. The van der Waals surface area contributed by atoms with E-state index in [1.165, 1.54) is 4.46 Å². The SMILES string of the molecule is C[n+]1ccn(C[Se]c2ccccc2)c1.F[B-](F)(F)F. The summed E-state index contributed by atoms with van der Waals surface area (Å²) in [6, 6.07) is 10.7. The molecular formula is C11H13BF4N2Se. The van der Waals surface area contributed by atoms with Crippen LogP contribution in [0.25, 0.3) is 0 Å². The Morgan fingerprint density at radius 3 is 2.21 bits per heavy atom. The Hall–Kier alpha value is -1.27. The van der Waals surface area contributed by atoms with Crippen LogP contribution in [0, 0.1) is 0 Å². The second-order valence-electron chi connectivity index (χ2n) is 3.67. The van der Waals surface area contributed by atoms with Gasteiger partial charge in [0.25, 0.3) is 0 Å². The average Bonchev–Trinajstić information content (AvgIpc) is 2.72. The van der Waals surface area contributed by atoms with Gasteiger partial charge in [-0.05, 0) is 0 Å². The van der Waals surface area contributed by atoms with E-state index in [-0.39, 0.29) is 0 Å². The van der Waals surface area contributed by atoms with Gasteiger partial charge < -0.3 is 17.3 Å². The molecule has 2 rings (SSSR count). The minimum absolute atomic E-state index is 0.535. The first-order valence-electron chi connectivity index (χ1n) is 5.41. The fraction of sp³-hybridized carbons (Fsp3) is 0.182. The van der Waals surface area contributed by atoms with E-state index in [1.54, 1.807) is 0 Å². The predicted molar refractivity (Wildman–Crippen MR) is 67.6 cm³/mol. The molecule has 1 aromatic heterocycles. The molecule has 8 heteroatoms. The average molecular weight is 339 g/mol. The third-order valence-electron chi connectivity index (χ3n) is 1.95. The summed E-state index contributed by atoms with van der Waals surface area (Å²) in [6.07, 6.45) is 6.30. The number of nitrogens with zero attached hydrogens (tertiary/aromatic N) is 2. The summed E-state index contributed by atoms with van der Waals surface area (Å²) in [5, 5.41) is 0. The van der Waals surface area contributed by atoms with E-state index >= 15 is 0 Å². The fourth-order valence-electron chi connectivity index (χ4n) is 1.24. The van der Waals surface area contributed by atoms with E-state index in [2.05, 4.69) is 58.2 Å². The van der Waals surface area contributed by atoms with Crippen LogP contribution in [0.4, 0.5) is 17.3 Å². The van der Waals surface area contributed by atoms with Crippen molar-refractivity contribution in [3.8, 4) is 0 Å². The van der Waals surface area contributed by atoms with Crippen LogP contribution in [0.1, 0.15) is 0 Å². The van der Waals surface area contributed by atoms with Crippen molar-refractivity contribution in [1.29, 1.82) is 0 Å². The first-order chi connectivity index (χ1) is 8.84. The Bertz CT molecular complexity index is 481. The van der Waals surface area contributed by atoms with Gasteiger partial charge in [0, 0.05) is 0 Å². The molecule has 0 aliphatic heterocycles. The van der Waals surface area contributed by atoms with Crippen LogP contribution in [0.2, 0.25) is 0 Å². The number of benzene rings is 1. The molecule has 0 amide bonds. The summed E-state index contributed by atoms with van der Waals surface area (Å²) in [6.45, 7) is 0. The molecule has 0 saturated heterocycles. The van der Waals surface area contributed by atoms with Gasteiger partial charge in [0.1, 0.15) is 0 Å². The Labute approximate surface area is 115 Å². The molecule has 2 aromatic rings. The normalized spacial score (nSPS) is 10.8. The molecule has 0 atom stereocenters. The standard InChI is InChI=1S/C11H13N2Se.BF4/c1-12-7-8-13(9-12)10-14-11-5-3-2-4-6-11;2-1(3,4)5/h2-9H,10H2,1H3;/q+1;-1. The summed E-state index contributed by atoms with van der Waals surface area (Å²) in [7, 11) is -3.95. The van der Waals surface area contributed by atoms with Crippen molar-refractivity contribution in [3.05, 3.63) is 49.1 Å². The summed E-state index contributed by atoms with van der Waals surface area (Å²) < 4.78 is 44.8. The summed E-state index contributed by atoms with van der Waals surface area (Å²) in [5.74, 6) is 0. The Kier molecular flexibility index (Phi) is 6.11. The topological polar surface area (TPSA) is 8.81 Å². The minimum Gasteiger partial charge on any atom is -0.418 e. The minimum atomic E-state index is -6.00. The predicted octanol–water partition coefficient (Wildman–Crippen LogP) is 1.60. The smallest absolute Gasteiger partial charge is 0.418 e. The number of rotatable bonds is 3. The van der Waals surface area contributed by atoms with E-state index in [4.69, 9.17) is 0 Å². The zero-order valence-electron chi connectivity index (χ0n) is 10.2. The Morgan fingerprint density at radius 2 is 1.74 bits per heavy atom. The van der Waals surface area contributed by atoms with Gasteiger partial charge in [0.15, 0.2) is 0 Å². The molecule has 0 spiro atoms. The molecule has 0 radical (unpaired) electrons. The number of imidazole rings is 1. The van der Waals surface area contributed by atoms with Crippen LogP contribution >= 0.6 is 0 Å². The van der Waals surface area contributed by atoms with Gasteiger partial charge in [-0.1, -0.05) is 0 Å². The van der Waals surface area contributed by atoms with Crippen LogP contribution in [0.5, 0.6) is 0 Å². The number of aromatic nitrogens is 2. The number of hydrogen-bond donors (Lipinski definition) is 0. The Morgan fingerprint density at radius 1 is 1.16 bits per heavy atom. The maximum atomic E-state index is 9.75. The van der Waals surface area contributed by atoms with E-state index in [0.717, 1.165) is 5.44 Å². The molecule has 104 valence electrons. The molecule has 1 heterocycles. The van der Waals surface area contributed by atoms with Gasteiger partial charge in [0.2, 0.25) is 0 Å². The quantitative estimate of drug-likeness (QED) is 0.456. The van der Waals surface area contributed by atoms with Crippen molar-refractivity contribution in [2.45, 2.75) is 5.44 Å². The van der Waals surface area contributed by atoms with Crippen molar-refractivity contribution < 1.29 is 21.8 Å². The Balaban J connectivity index is 0.000000312. The van der Waals surface area contributed by atoms with Crippen LogP contribution in [-0.4, -0.2) is 26.8 Å². The van der Waals surface area contributed by atoms with Gasteiger partial charge in [0.05, 0.1) is 0 Å². The van der Waals surface area contributed by atoms with E-state index in [0.29, 0.717) is 15.0 Å². The number of halogens is 4. The second kappa shape index (κ2) is 7.35. The molecule has 0 fully saturated rings. The van der Waals surface area contributed by atoms with Crippen LogP contribution < -0.4 is 9.03 Å². The third-order valence-corrected chi connectivity index (χ3v) is 4.11. The molecule has 19 heavy (non-hydrogen) atoms. The first-order valence-corrected chi connectivity index (χ1v) is 7.47. The zero-order chi connectivity index (χ0) is 14.3. The van der Waals surface area contributed by atoms with Crippen molar-refractivity contribution in [3.63, 3.8) is 0 Å². The van der Waals surface area contributed by atoms with Crippen molar-refractivity contribution in [2.75, 3.05) is 0 Å². The summed E-state index contributed by atoms with van der Waals surface area (Å²) in [5.41, 5.74) is 1.11. The molecule has 0 saturated carbocycles. The van der Waals surface area contributed by atoms with Gasteiger partial charge in [-0.3, -0.25) is 0 Å². The van der Waals surface area contributed by atoms with Gasteiger partial charge in [-0.25, -0.2) is 0 Å². The van der Waals surface area contributed by atoms with Gasteiger partial charge in [-0.2, -0.15) is 0 Å². The van der Waals surface area contributed by atoms with Crippen molar-refractivity contribution in [1.82, 2.24) is 4.57 Å². The molecule has 0 bridgehead atoms. The molecular weight excluding hydrogens is 326 g/mol. The van der Waals surface area contributed by atoms with Gasteiger partial charge >= 0.3 is 97.4 Å².